The largest absolute Gasteiger partial charge is 0.507 e. The zero-order chi connectivity index (χ0) is 25.7. The Morgan fingerprint density at radius 3 is 2.67 bits per heavy atom. The van der Waals surface area contributed by atoms with Crippen LogP contribution in [0.15, 0.2) is 54.4 Å². The molecular formula is C25H16Cl2FN3O4S. The second kappa shape index (κ2) is 9.16. The van der Waals surface area contributed by atoms with E-state index in [2.05, 4.69) is 9.97 Å². The molecule has 1 N–H and O–H groups in total. The van der Waals surface area contributed by atoms with Gasteiger partial charge in [-0.1, -0.05) is 40.6 Å². The van der Waals surface area contributed by atoms with E-state index in [0.717, 1.165) is 11.3 Å². The molecule has 0 radical (unpaired) electrons. The van der Waals surface area contributed by atoms with Gasteiger partial charge in [-0.2, -0.15) is 0 Å². The maximum Gasteiger partial charge on any atom is 0.301 e. The number of carbonyl (C=O) groups excluding carboxylic acids is 2. The molecule has 4 aromatic rings. The molecular weight excluding hydrogens is 528 g/mol. The van der Waals surface area contributed by atoms with Crippen LogP contribution in [0.5, 0.6) is 5.75 Å². The second-order valence-electron chi connectivity index (χ2n) is 8.01. The average Bonchev–Trinajstić information content (AvgIpc) is 3.36. The van der Waals surface area contributed by atoms with E-state index in [0.29, 0.717) is 21.3 Å². The van der Waals surface area contributed by atoms with Crippen molar-refractivity contribution >= 4 is 67.3 Å². The highest BCUT2D eigenvalue weighted by Crippen LogP contribution is 2.46. The summed E-state index contributed by atoms with van der Waals surface area (Å²) in [4.78, 5) is 36.5. The van der Waals surface area contributed by atoms with E-state index in [9.17, 15) is 19.1 Å². The van der Waals surface area contributed by atoms with Gasteiger partial charge >= 0.3 is 5.91 Å². The summed E-state index contributed by atoms with van der Waals surface area (Å²) in [6.45, 7) is 1.77. The smallest absolute Gasteiger partial charge is 0.301 e. The number of ether oxygens (including phenoxy) is 1. The molecule has 36 heavy (non-hydrogen) atoms. The lowest BCUT2D eigenvalue weighted by molar-refractivity contribution is -0.132. The average molecular weight is 544 g/mol. The predicted octanol–water partition coefficient (Wildman–Crippen LogP) is 6.08. The van der Waals surface area contributed by atoms with E-state index in [1.165, 1.54) is 30.3 Å². The number of fused-ring (bicyclic) bond motifs is 1. The van der Waals surface area contributed by atoms with Gasteiger partial charge in [0, 0.05) is 12.4 Å². The van der Waals surface area contributed by atoms with Gasteiger partial charge in [-0.05, 0) is 48.4 Å². The van der Waals surface area contributed by atoms with Crippen molar-refractivity contribution in [3.05, 3.63) is 86.9 Å². The van der Waals surface area contributed by atoms with Gasteiger partial charge in [0.25, 0.3) is 5.78 Å². The normalized spacial score (nSPS) is 17.2. The van der Waals surface area contributed by atoms with Crippen molar-refractivity contribution in [3.8, 4) is 5.75 Å². The molecule has 1 aliphatic rings. The van der Waals surface area contributed by atoms with Crippen LogP contribution in [0.3, 0.4) is 0 Å². The summed E-state index contributed by atoms with van der Waals surface area (Å²) in [5.41, 5.74) is 1.50. The molecule has 11 heteroatoms. The topological polar surface area (TPSA) is 92.6 Å². The zero-order valence-corrected chi connectivity index (χ0v) is 21.1. The minimum Gasteiger partial charge on any atom is -0.507 e. The number of pyridine rings is 1. The van der Waals surface area contributed by atoms with Gasteiger partial charge in [0.2, 0.25) is 0 Å². The third-order valence-corrected chi connectivity index (χ3v) is 7.30. The number of benzene rings is 2. The third-order valence-electron chi connectivity index (χ3n) is 5.72. The molecule has 1 unspecified atom stereocenters. The fraction of sp³-hybridized carbons (Fsp3) is 0.120. The van der Waals surface area contributed by atoms with Gasteiger partial charge in [0.1, 0.15) is 17.3 Å². The number of aliphatic hydroxyl groups is 1. The van der Waals surface area contributed by atoms with Crippen molar-refractivity contribution in [2.24, 2.45) is 0 Å². The second-order valence-corrected chi connectivity index (χ2v) is 9.84. The Morgan fingerprint density at radius 1 is 1.19 bits per heavy atom. The first-order valence-corrected chi connectivity index (χ1v) is 12.1. The molecule has 0 aliphatic carbocycles. The van der Waals surface area contributed by atoms with Crippen molar-refractivity contribution in [2.75, 3.05) is 12.0 Å². The van der Waals surface area contributed by atoms with Gasteiger partial charge in [0.15, 0.2) is 5.13 Å². The number of hydrogen-bond donors (Lipinski definition) is 1. The summed E-state index contributed by atoms with van der Waals surface area (Å²) in [5, 5.41) is 11.7. The Kier molecular flexibility index (Phi) is 6.15. The number of ketones is 1. The van der Waals surface area contributed by atoms with E-state index in [4.69, 9.17) is 27.9 Å². The highest BCUT2D eigenvalue weighted by molar-refractivity contribution is 7.22. The number of Topliss-reactive ketones (excluding diaryl/α,β-unsaturated/α-hetero) is 1. The van der Waals surface area contributed by atoms with Crippen molar-refractivity contribution in [1.29, 1.82) is 0 Å². The van der Waals surface area contributed by atoms with E-state index in [1.807, 2.05) is 0 Å². The van der Waals surface area contributed by atoms with Crippen molar-refractivity contribution < 1.29 is 23.8 Å². The lowest BCUT2D eigenvalue weighted by Gasteiger charge is -2.23. The summed E-state index contributed by atoms with van der Waals surface area (Å²) >= 11 is 13.2. The van der Waals surface area contributed by atoms with E-state index in [1.54, 1.807) is 37.4 Å². The van der Waals surface area contributed by atoms with Crippen LogP contribution in [-0.2, 0) is 9.59 Å². The van der Waals surface area contributed by atoms with Crippen LogP contribution in [0.1, 0.15) is 22.7 Å². The summed E-state index contributed by atoms with van der Waals surface area (Å²) in [5.74, 6) is -2.77. The first-order valence-electron chi connectivity index (χ1n) is 10.5. The minimum absolute atomic E-state index is 0.117. The standard InChI is InChI=1S/C25H16Cl2FN3O4S/c1-11-6-13(23(35-2)15(27)7-11)21(32)19-20(12-4-3-5-29-10-12)31(24(34)22(19)33)25-30-17-8-14(26)16(28)9-18(17)36-25/h3-10,20,32H,1-2H3/b21-19+. The van der Waals surface area contributed by atoms with Gasteiger partial charge < -0.3 is 9.84 Å². The highest BCUT2D eigenvalue weighted by Gasteiger charge is 2.48. The van der Waals surface area contributed by atoms with Gasteiger partial charge in [-0.15, -0.1) is 0 Å². The van der Waals surface area contributed by atoms with Crippen LogP contribution < -0.4 is 9.64 Å². The Morgan fingerprint density at radius 2 is 1.97 bits per heavy atom. The van der Waals surface area contributed by atoms with Crippen LogP contribution >= 0.6 is 34.5 Å². The number of methoxy groups -OCH3 is 1. The lowest BCUT2D eigenvalue weighted by Crippen LogP contribution is -2.29. The summed E-state index contributed by atoms with van der Waals surface area (Å²) < 4.78 is 19.9. The lowest BCUT2D eigenvalue weighted by atomic mass is 9.95. The molecule has 7 nitrogen and oxygen atoms in total. The Hall–Kier alpha value is -3.53. The molecule has 0 saturated carbocycles. The molecule has 1 amide bonds. The maximum absolute atomic E-state index is 14.0. The molecule has 182 valence electrons. The Bertz CT molecular complexity index is 1550. The number of thiazole rings is 1. The minimum atomic E-state index is -1.07. The first-order chi connectivity index (χ1) is 17.2. The van der Waals surface area contributed by atoms with E-state index in [-0.39, 0.29) is 32.1 Å². The monoisotopic (exact) mass is 543 g/mol. The van der Waals surface area contributed by atoms with Gasteiger partial charge in [-0.3, -0.25) is 19.5 Å². The van der Waals surface area contributed by atoms with Crippen LogP contribution in [0.25, 0.3) is 16.0 Å². The zero-order valence-electron chi connectivity index (χ0n) is 18.8. The molecule has 2 aromatic carbocycles. The van der Waals surface area contributed by atoms with Crippen LogP contribution in [0.2, 0.25) is 10.0 Å². The fourth-order valence-corrected chi connectivity index (χ4v) is 5.66. The predicted molar refractivity (Wildman–Crippen MR) is 136 cm³/mol. The molecule has 2 aromatic heterocycles. The van der Waals surface area contributed by atoms with Gasteiger partial charge in [-0.25, -0.2) is 9.37 Å². The van der Waals surface area contributed by atoms with Crippen molar-refractivity contribution in [1.82, 2.24) is 9.97 Å². The number of rotatable bonds is 4. The quantitative estimate of drug-likeness (QED) is 0.190. The molecule has 1 fully saturated rings. The third kappa shape index (κ3) is 3.89. The SMILES string of the molecule is COc1c(Cl)cc(C)cc1/C(O)=C1\C(=O)C(=O)N(c2nc3cc(Cl)c(F)cc3s2)C1c1cccnc1. The fourth-order valence-electron chi connectivity index (χ4n) is 4.15. The number of aromatic nitrogens is 2. The van der Waals surface area contributed by atoms with Gasteiger partial charge in [0.05, 0.1) is 44.6 Å². The summed E-state index contributed by atoms with van der Waals surface area (Å²) in [6.07, 6.45) is 3.03. The number of amides is 1. The molecule has 3 heterocycles. The Labute approximate surface area is 218 Å². The van der Waals surface area contributed by atoms with E-state index >= 15 is 0 Å². The molecule has 1 aliphatic heterocycles. The molecule has 0 bridgehead atoms. The Balaban J connectivity index is 1.77. The molecule has 5 rings (SSSR count). The first kappa shape index (κ1) is 24.2. The summed E-state index contributed by atoms with van der Waals surface area (Å²) in [6, 6.07) is 8.08. The van der Waals surface area contributed by atoms with Crippen LogP contribution in [0, 0.1) is 12.7 Å². The molecule has 1 saturated heterocycles. The van der Waals surface area contributed by atoms with E-state index < -0.39 is 29.3 Å². The van der Waals surface area contributed by atoms with Crippen molar-refractivity contribution in [2.45, 2.75) is 13.0 Å². The number of carbonyl (C=O) groups is 2. The number of aryl methyl sites for hydroxylation is 1. The number of hydrogen-bond acceptors (Lipinski definition) is 7. The number of nitrogens with zero attached hydrogens (tertiary/aromatic N) is 3. The molecule has 1 atom stereocenters. The van der Waals surface area contributed by atoms with Crippen LogP contribution in [-0.4, -0.2) is 33.9 Å². The maximum atomic E-state index is 14.0. The summed E-state index contributed by atoms with van der Waals surface area (Å²) in [7, 11) is 1.38. The number of aliphatic hydroxyl groups excluding tert-OH is 1. The van der Waals surface area contributed by atoms with Crippen LogP contribution in [0.4, 0.5) is 9.52 Å². The number of anilines is 1. The molecule has 0 spiro atoms. The number of halogens is 3. The van der Waals surface area contributed by atoms with Crippen molar-refractivity contribution in [3.63, 3.8) is 0 Å². The highest BCUT2D eigenvalue weighted by atomic mass is 35.5.